The lowest BCUT2D eigenvalue weighted by Crippen LogP contribution is -2.28. The zero-order valence-electron chi connectivity index (χ0n) is 10.9. The molecule has 0 unspecified atom stereocenters. The first-order valence-corrected chi connectivity index (χ1v) is 7.41. The van der Waals surface area contributed by atoms with E-state index in [2.05, 4.69) is 15.0 Å². The van der Waals surface area contributed by atoms with Gasteiger partial charge in [0.1, 0.15) is 4.90 Å². The molecule has 1 aromatic heterocycles. The minimum atomic E-state index is -3.78. The molecule has 0 spiro atoms. The van der Waals surface area contributed by atoms with Crippen LogP contribution in [0.15, 0.2) is 35.5 Å². The minimum Gasteiger partial charge on any atom is -0.398 e. The predicted molar refractivity (Wildman–Crippen MR) is 74.6 cm³/mol. The molecule has 5 N–H and O–H groups in total. The number of nitrogens with one attached hydrogen (secondary N) is 1. The number of primary amides is 1. The Kier molecular flexibility index (Phi) is 4.19. The molecule has 0 saturated carbocycles. The number of hydrogen-bond donors (Lipinski definition) is 3. The summed E-state index contributed by atoms with van der Waals surface area (Å²) in [6.07, 6.45) is 3.11. The topological polar surface area (TPSA) is 146 Å². The molecule has 9 nitrogen and oxygen atoms in total. The van der Waals surface area contributed by atoms with Crippen LogP contribution in [0.2, 0.25) is 0 Å². The van der Waals surface area contributed by atoms with Crippen molar-refractivity contribution < 1.29 is 13.2 Å². The van der Waals surface area contributed by atoms with Crippen molar-refractivity contribution in [3.8, 4) is 0 Å². The molecule has 1 heterocycles. The summed E-state index contributed by atoms with van der Waals surface area (Å²) < 4.78 is 28.1. The molecule has 0 radical (unpaired) electrons. The number of sulfonamides is 1. The van der Waals surface area contributed by atoms with Crippen molar-refractivity contribution in [2.24, 2.45) is 5.73 Å². The van der Waals surface area contributed by atoms with E-state index in [9.17, 15) is 13.2 Å². The Morgan fingerprint density at radius 3 is 2.71 bits per heavy atom. The lowest BCUT2D eigenvalue weighted by molar-refractivity contribution is 0.1000. The van der Waals surface area contributed by atoms with E-state index in [1.807, 2.05) is 0 Å². The van der Waals surface area contributed by atoms with Crippen LogP contribution in [0.5, 0.6) is 0 Å². The molecular formula is C11H14N6O3S. The van der Waals surface area contributed by atoms with Gasteiger partial charge in [0.25, 0.3) is 0 Å². The third-order valence-corrected chi connectivity index (χ3v) is 4.22. The summed E-state index contributed by atoms with van der Waals surface area (Å²) in [6.45, 7) is 0.460. The molecular weight excluding hydrogens is 296 g/mol. The first kappa shape index (κ1) is 14.9. The molecule has 0 bridgehead atoms. The third kappa shape index (κ3) is 3.55. The molecule has 1 aromatic carbocycles. The van der Waals surface area contributed by atoms with E-state index in [4.69, 9.17) is 11.5 Å². The highest BCUT2D eigenvalue weighted by molar-refractivity contribution is 7.89. The number of amides is 1. The highest BCUT2D eigenvalue weighted by Crippen LogP contribution is 2.19. The number of nitrogens with two attached hydrogens (primary N) is 2. The van der Waals surface area contributed by atoms with Gasteiger partial charge in [-0.25, -0.2) is 13.1 Å². The van der Waals surface area contributed by atoms with Gasteiger partial charge in [-0.3, -0.25) is 9.48 Å². The van der Waals surface area contributed by atoms with Crippen LogP contribution in [0.4, 0.5) is 5.69 Å². The lowest BCUT2D eigenvalue weighted by Gasteiger charge is -2.09. The summed E-state index contributed by atoms with van der Waals surface area (Å²) in [4.78, 5) is 10.9. The van der Waals surface area contributed by atoms with E-state index in [-0.39, 0.29) is 22.7 Å². The Hall–Kier alpha value is -2.46. The van der Waals surface area contributed by atoms with E-state index < -0.39 is 15.9 Å². The Balaban J connectivity index is 2.10. The normalized spacial score (nSPS) is 11.4. The number of carbonyl (C=O) groups excluding carboxylic acids is 1. The summed E-state index contributed by atoms with van der Waals surface area (Å²) in [5, 5.41) is 7.32. The molecule has 0 aliphatic rings. The highest BCUT2D eigenvalue weighted by Gasteiger charge is 2.18. The van der Waals surface area contributed by atoms with Crippen molar-refractivity contribution in [2.75, 3.05) is 12.3 Å². The van der Waals surface area contributed by atoms with Crippen molar-refractivity contribution in [3.63, 3.8) is 0 Å². The third-order valence-electron chi connectivity index (χ3n) is 2.69. The zero-order valence-corrected chi connectivity index (χ0v) is 11.7. The molecule has 1 amide bonds. The number of anilines is 1. The van der Waals surface area contributed by atoms with E-state index in [1.165, 1.54) is 29.1 Å². The SMILES string of the molecule is NC(=O)c1ccc(S(=O)(=O)NCCn2ccnn2)c(N)c1. The number of benzene rings is 1. The molecule has 112 valence electrons. The predicted octanol–water partition coefficient (Wildman–Crippen LogP) is -1.06. The number of aromatic nitrogens is 3. The van der Waals surface area contributed by atoms with Crippen LogP contribution >= 0.6 is 0 Å². The van der Waals surface area contributed by atoms with Crippen LogP contribution < -0.4 is 16.2 Å². The van der Waals surface area contributed by atoms with Crippen LogP contribution in [0.3, 0.4) is 0 Å². The summed E-state index contributed by atoms with van der Waals surface area (Å²) in [5.74, 6) is -0.676. The van der Waals surface area contributed by atoms with E-state index >= 15 is 0 Å². The van der Waals surface area contributed by atoms with Gasteiger partial charge < -0.3 is 11.5 Å². The quantitative estimate of drug-likeness (QED) is 0.579. The molecule has 2 aromatic rings. The maximum Gasteiger partial charge on any atom is 0.248 e. The van der Waals surface area contributed by atoms with Crippen molar-refractivity contribution in [3.05, 3.63) is 36.2 Å². The van der Waals surface area contributed by atoms with Crippen molar-refractivity contribution >= 4 is 21.6 Å². The summed E-state index contributed by atoms with van der Waals surface area (Å²) in [5.41, 5.74) is 10.9. The first-order valence-electron chi connectivity index (χ1n) is 5.93. The summed E-state index contributed by atoms with van der Waals surface area (Å²) >= 11 is 0. The monoisotopic (exact) mass is 310 g/mol. The van der Waals surface area contributed by atoms with Crippen LogP contribution in [-0.2, 0) is 16.6 Å². The number of carbonyl (C=O) groups is 1. The van der Waals surface area contributed by atoms with Gasteiger partial charge in [0, 0.05) is 18.3 Å². The molecule has 0 saturated heterocycles. The minimum absolute atomic E-state index is 0.0421. The van der Waals surface area contributed by atoms with Crippen molar-refractivity contribution in [1.82, 2.24) is 19.7 Å². The van der Waals surface area contributed by atoms with Gasteiger partial charge in [-0.1, -0.05) is 5.21 Å². The number of hydrogen-bond acceptors (Lipinski definition) is 6. The van der Waals surface area contributed by atoms with Gasteiger partial charge in [-0.05, 0) is 18.2 Å². The fraction of sp³-hybridized carbons (Fsp3) is 0.182. The van der Waals surface area contributed by atoms with Crippen LogP contribution in [0.25, 0.3) is 0 Å². The second-order valence-electron chi connectivity index (χ2n) is 4.18. The van der Waals surface area contributed by atoms with Gasteiger partial charge in [0.2, 0.25) is 15.9 Å². The van der Waals surface area contributed by atoms with Crippen molar-refractivity contribution in [1.29, 1.82) is 0 Å². The smallest absolute Gasteiger partial charge is 0.248 e. The fourth-order valence-corrected chi connectivity index (χ4v) is 2.80. The Labute approximate surface area is 121 Å². The Morgan fingerprint density at radius 1 is 1.38 bits per heavy atom. The maximum absolute atomic E-state index is 12.1. The van der Waals surface area contributed by atoms with E-state index in [0.717, 1.165) is 0 Å². The van der Waals surface area contributed by atoms with Crippen molar-refractivity contribution in [2.45, 2.75) is 11.4 Å². The molecule has 0 fully saturated rings. The fourth-order valence-electron chi connectivity index (χ4n) is 1.67. The van der Waals surface area contributed by atoms with Crippen LogP contribution in [0.1, 0.15) is 10.4 Å². The van der Waals surface area contributed by atoms with Gasteiger partial charge in [0.05, 0.1) is 18.4 Å². The molecule has 10 heteroatoms. The van der Waals surface area contributed by atoms with Crippen LogP contribution in [-0.4, -0.2) is 35.9 Å². The first-order chi connectivity index (χ1) is 9.90. The molecule has 21 heavy (non-hydrogen) atoms. The second-order valence-corrected chi connectivity index (χ2v) is 5.92. The molecule has 0 aliphatic heterocycles. The Bertz CT molecular complexity index is 741. The number of nitrogens with zero attached hydrogens (tertiary/aromatic N) is 3. The molecule has 2 rings (SSSR count). The van der Waals surface area contributed by atoms with Crippen LogP contribution in [0, 0.1) is 0 Å². The molecule has 0 atom stereocenters. The average molecular weight is 310 g/mol. The number of nitrogen functional groups attached to an aromatic ring is 1. The largest absolute Gasteiger partial charge is 0.398 e. The summed E-state index contributed by atoms with van der Waals surface area (Å²) in [7, 11) is -3.78. The highest BCUT2D eigenvalue weighted by atomic mass is 32.2. The maximum atomic E-state index is 12.1. The molecule has 0 aliphatic carbocycles. The van der Waals surface area contributed by atoms with Gasteiger partial charge in [0.15, 0.2) is 0 Å². The standard InChI is InChI=1S/C11H14N6O3S/c12-9-7-8(11(13)18)1-2-10(9)21(19,20)15-4-6-17-5-3-14-16-17/h1-3,5,7,15H,4,6,12H2,(H2,13,18). The zero-order chi connectivity index (χ0) is 15.5. The number of rotatable bonds is 6. The Morgan fingerprint density at radius 2 is 2.14 bits per heavy atom. The van der Waals surface area contributed by atoms with Gasteiger partial charge in [-0.2, -0.15) is 0 Å². The summed E-state index contributed by atoms with van der Waals surface area (Å²) in [6, 6.07) is 3.78. The average Bonchev–Trinajstić information content (AvgIpc) is 2.91. The van der Waals surface area contributed by atoms with Gasteiger partial charge in [-0.15, -0.1) is 5.10 Å². The van der Waals surface area contributed by atoms with Gasteiger partial charge >= 0.3 is 0 Å². The van der Waals surface area contributed by atoms with E-state index in [1.54, 1.807) is 6.20 Å². The van der Waals surface area contributed by atoms with E-state index in [0.29, 0.717) is 6.54 Å². The second kappa shape index (κ2) is 5.89. The lowest BCUT2D eigenvalue weighted by atomic mass is 10.2.